The molecular formula is C18H16IN3OS. The summed E-state index contributed by atoms with van der Waals surface area (Å²) in [5.74, 6) is 0.767. The van der Waals surface area contributed by atoms with Gasteiger partial charge in [-0.2, -0.15) is 5.10 Å². The van der Waals surface area contributed by atoms with E-state index in [4.69, 9.17) is 4.42 Å². The van der Waals surface area contributed by atoms with Crippen LogP contribution in [0.25, 0.3) is 11.5 Å². The third-order valence-corrected chi connectivity index (χ3v) is 5.00. The van der Waals surface area contributed by atoms with Gasteiger partial charge in [0.15, 0.2) is 5.76 Å². The van der Waals surface area contributed by atoms with Crippen molar-refractivity contribution in [1.82, 2.24) is 4.68 Å². The summed E-state index contributed by atoms with van der Waals surface area (Å²) in [7, 11) is 0. The lowest BCUT2D eigenvalue weighted by Crippen LogP contribution is -2.13. The van der Waals surface area contributed by atoms with Crippen molar-refractivity contribution in [3.8, 4) is 11.5 Å². The van der Waals surface area contributed by atoms with Gasteiger partial charge < -0.3 is 4.42 Å². The molecule has 0 bridgehead atoms. The Morgan fingerprint density at radius 1 is 1.33 bits per heavy atom. The second-order valence-corrected chi connectivity index (χ2v) is 7.23. The second-order valence-electron chi connectivity index (χ2n) is 5.23. The minimum atomic E-state index is 0.580. The lowest BCUT2D eigenvalue weighted by Gasteiger charge is -2.01. The maximum Gasteiger partial charge on any atom is 0.206 e. The maximum atomic E-state index is 5.53. The molecule has 0 aliphatic heterocycles. The van der Waals surface area contributed by atoms with Gasteiger partial charge in [0.05, 0.1) is 19.0 Å². The number of nitrogens with zero attached hydrogens (tertiary/aromatic N) is 3. The van der Waals surface area contributed by atoms with E-state index in [0.717, 1.165) is 31.0 Å². The molecule has 2 aromatic heterocycles. The van der Waals surface area contributed by atoms with E-state index in [1.54, 1.807) is 6.26 Å². The molecule has 0 saturated carbocycles. The summed E-state index contributed by atoms with van der Waals surface area (Å²) in [6, 6.07) is 11.9. The predicted molar refractivity (Wildman–Crippen MR) is 107 cm³/mol. The first-order valence-electron chi connectivity index (χ1n) is 7.33. The number of furan rings is 1. The molecule has 24 heavy (non-hydrogen) atoms. The van der Waals surface area contributed by atoms with Gasteiger partial charge in [-0.25, -0.2) is 4.68 Å². The van der Waals surface area contributed by atoms with Gasteiger partial charge in [-0.15, -0.1) is 11.3 Å². The van der Waals surface area contributed by atoms with E-state index in [1.807, 2.05) is 53.5 Å². The largest absolute Gasteiger partial charge is 0.463 e. The van der Waals surface area contributed by atoms with E-state index in [9.17, 15) is 0 Å². The third kappa shape index (κ3) is 3.93. The number of hydrogen-bond donors (Lipinski definition) is 0. The molecule has 4 nitrogen and oxygen atoms in total. The summed E-state index contributed by atoms with van der Waals surface area (Å²) >= 11 is 3.84. The Hall–Kier alpha value is -1.93. The van der Waals surface area contributed by atoms with Crippen molar-refractivity contribution < 1.29 is 4.42 Å². The van der Waals surface area contributed by atoms with Crippen molar-refractivity contribution in [3.05, 3.63) is 74.1 Å². The zero-order valence-corrected chi connectivity index (χ0v) is 16.1. The summed E-state index contributed by atoms with van der Waals surface area (Å²) in [5.41, 5.74) is 2.96. The van der Waals surface area contributed by atoms with Crippen LogP contribution in [0.1, 0.15) is 12.5 Å². The van der Waals surface area contributed by atoms with Gasteiger partial charge in [0.25, 0.3) is 0 Å². The van der Waals surface area contributed by atoms with Crippen molar-refractivity contribution in [2.75, 3.05) is 6.54 Å². The van der Waals surface area contributed by atoms with Crippen LogP contribution >= 0.6 is 33.9 Å². The first-order valence-corrected chi connectivity index (χ1v) is 9.29. The van der Waals surface area contributed by atoms with Gasteiger partial charge in [0.1, 0.15) is 5.69 Å². The molecule has 1 aromatic carbocycles. The minimum absolute atomic E-state index is 0.580. The van der Waals surface area contributed by atoms with Crippen molar-refractivity contribution in [1.29, 1.82) is 0 Å². The third-order valence-electron chi connectivity index (χ3n) is 3.16. The topological polar surface area (TPSA) is 42.8 Å². The smallest absolute Gasteiger partial charge is 0.206 e. The molecule has 0 aliphatic rings. The molecule has 0 atom stereocenters. The van der Waals surface area contributed by atoms with E-state index in [0.29, 0.717) is 6.54 Å². The molecule has 0 aliphatic carbocycles. The highest BCUT2D eigenvalue weighted by molar-refractivity contribution is 14.1. The number of rotatable bonds is 5. The van der Waals surface area contributed by atoms with Crippen LogP contribution < -0.4 is 4.80 Å². The molecule has 0 fully saturated rings. The highest BCUT2D eigenvalue weighted by atomic mass is 127. The lowest BCUT2D eigenvalue weighted by molar-refractivity contribution is 0.575. The van der Waals surface area contributed by atoms with Crippen molar-refractivity contribution in [2.45, 2.75) is 6.92 Å². The standard InChI is InChI=1S/C18H16IN3OS/c1-13(2)10-20-18-22(16(12-24-18)17-8-5-9-23-17)21-11-14-6-3-4-7-15(14)19/h3-9,11-12H,1,10H2,2H3. The fourth-order valence-corrected chi connectivity index (χ4v) is 3.36. The van der Waals surface area contributed by atoms with E-state index in [1.165, 1.54) is 11.3 Å². The summed E-state index contributed by atoms with van der Waals surface area (Å²) in [4.78, 5) is 5.41. The maximum absolute atomic E-state index is 5.53. The minimum Gasteiger partial charge on any atom is -0.463 e. The molecule has 2 heterocycles. The summed E-state index contributed by atoms with van der Waals surface area (Å²) in [6.07, 6.45) is 3.51. The van der Waals surface area contributed by atoms with Gasteiger partial charge >= 0.3 is 0 Å². The number of thiazole rings is 1. The Balaban J connectivity index is 2.06. The molecule has 0 unspecified atom stereocenters. The van der Waals surface area contributed by atoms with Crippen LogP contribution in [0, 0.1) is 3.57 Å². The Morgan fingerprint density at radius 2 is 2.17 bits per heavy atom. The molecule has 0 radical (unpaired) electrons. The number of benzene rings is 1. The Labute approximate surface area is 158 Å². The van der Waals surface area contributed by atoms with Gasteiger partial charge in [-0.1, -0.05) is 30.4 Å². The Bertz CT molecular complexity index is 935. The van der Waals surface area contributed by atoms with Crippen molar-refractivity contribution in [3.63, 3.8) is 0 Å². The molecule has 0 spiro atoms. The Morgan fingerprint density at radius 3 is 2.88 bits per heavy atom. The van der Waals surface area contributed by atoms with E-state index < -0.39 is 0 Å². The fraction of sp³-hybridized carbons (Fsp3) is 0.111. The van der Waals surface area contributed by atoms with Crippen LogP contribution in [0.4, 0.5) is 0 Å². The van der Waals surface area contributed by atoms with Crippen molar-refractivity contribution >= 4 is 40.1 Å². The first-order chi connectivity index (χ1) is 11.6. The zero-order chi connectivity index (χ0) is 16.9. The van der Waals surface area contributed by atoms with Gasteiger partial charge in [-0.3, -0.25) is 4.99 Å². The average Bonchev–Trinajstić information content (AvgIpc) is 3.21. The molecular weight excluding hydrogens is 433 g/mol. The van der Waals surface area contributed by atoms with Crippen LogP contribution in [0.3, 0.4) is 0 Å². The number of halogens is 1. The van der Waals surface area contributed by atoms with Gasteiger partial charge in [0, 0.05) is 14.5 Å². The molecule has 0 amide bonds. The molecule has 3 aromatic rings. The Kier molecular flexibility index (Phi) is 5.47. The molecule has 6 heteroatoms. The van der Waals surface area contributed by atoms with E-state index in [2.05, 4.69) is 45.3 Å². The van der Waals surface area contributed by atoms with Crippen LogP contribution in [0.15, 0.2) is 74.7 Å². The van der Waals surface area contributed by atoms with Crippen LogP contribution in [0.5, 0.6) is 0 Å². The molecule has 122 valence electrons. The molecule has 0 saturated heterocycles. The summed E-state index contributed by atoms with van der Waals surface area (Å²) in [6.45, 7) is 6.45. The van der Waals surface area contributed by atoms with Crippen LogP contribution in [-0.4, -0.2) is 17.4 Å². The van der Waals surface area contributed by atoms with Crippen LogP contribution in [-0.2, 0) is 0 Å². The summed E-state index contributed by atoms with van der Waals surface area (Å²) in [5, 5.41) is 6.65. The van der Waals surface area contributed by atoms with Gasteiger partial charge in [-0.05, 0) is 47.7 Å². The number of aromatic nitrogens is 1. The summed E-state index contributed by atoms with van der Waals surface area (Å²) < 4.78 is 8.49. The van der Waals surface area contributed by atoms with E-state index in [-0.39, 0.29) is 0 Å². The zero-order valence-electron chi connectivity index (χ0n) is 13.1. The normalized spacial score (nSPS) is 12.2. The highest BCUT2D eigenvalue weighted by Crippen LogP contribution is 2.20. The van der Waals surface area contributed by atoms with E-state index >= 15 is 0 Å². The first kappa shape index (κ1) is 16.9. The average molecular weight is 449 g/mol. The quantitative estimate of drug-likeness (QED) is 0.314. The fourth-order valence-electron chi connectivity index (χ4n) is 2.02. The van der Waals surface area contributed by atoms with Crippen molar-refractivity contribution in [2.24, 2.45) is 10.1 Å². The van der Waals surface area contributed by atoms with Gasteiger partial charge in [0.2, 0.25) is 4.80 Å². The molecule has 0 N–H and O–H groups in total. The second kappa shape index (κ2) is 7.76. The monoisotopic (exact) mass is 449 g/mol. The number of hydrogen-bond acceptors (Lipinski definition) is 4. The predicted octanol–water partition coefficient (Wildman–Crippen LogP) is 4.77. The van der Waals surface area contributed by atoms with Crippen LogP contribution in [0.2, 0.25) is 0 Å². The molecule has 3 rings (SSSR count). The lowest BCUT2D eigenvalue weighted by atomic mass is 10.2. The SMILES string of the molecule is C=C(C)CN=c1scc(-c2ccco2)n1N=Cc1ccccc1I. The highest BCUT2D eigenvalue weighted by Gasteiger charge is 2.09.